The van der Waals surface area contributed by atoms with Gasteiger partial charge in [-0.05, 0) is 45.5 Å². The number of hydrogen-bond acceptors (Lipinski definition) is 4. The highest BCUT2D eigenvalue weighted by Gasteiger charge is 2.33. The molecule has 2 amide bonds. The van der Waals surface area contributed by atoms with Crippen LogP contribution in [0.25, 0.3) is 0 Å². The van der Waals surface area contributed by atoms with Crippen molar-refractivity contribution in [2.45, 2.75) is 32.4 Å². The molecule has 1 atom stereocenters. The lowest BCUT2D eigenvalue weighted by Crippen LogP contribution is -2.49. The molecule has 3 rings (SSSR count). The molecule has 0 aromatic heterocycles. The molecule has 1 heterocycles. The molecule has 1 aliphatic heterocycles. The smallest absolute Gasteiger partial charge is 0.241 e. The van der Waals surface area contributed by atoms with Crippen molar-refractivity contribution in [3.05, 3.63) is 60.2 Å². The van der Waals surface area contributed by atoms with Crippen LogP contribution in [0.3, 0.4) is 0 Å². The fourth-order valence-electron chi connectivity index (χ4n) is 3.48. The molecule has 0 bridgehead atoms. The summed E-state index contributed by atoms with van der Waals surface area (Å²) >= 11 is 0. The Morgan fingerprint density at radius 3 is 2.41 bits per heavy atom. The Hall–Kier alpha value is -2.86. The van der Waals surface area contributed by atoms with Crippen molar-refractivity contribution < 1.29 is 14.3 Å². The summed E-state index contributed by atoms with van der Waals surface area (Å²) < 4.78 is 5.92. The van der Waals surface area contributed by atoms with Crippen LogP contribution >= 0.6 is 0 Å². The van der Waals surface area contributed by atoms with Crippen molar-refractivity contribution in [1.29, 1.82) is 0 Å². The zero-order valence-corrected chi connectivity index (χ0v) is 17.5. The average molecular weight is 396 g/mol. The Morgan fingerprint density at radius 1 is 1.07 bits per heavy atom. The van der Waals surface area contributed by atoms with Crippen LogP contribution in [0.1, 0.15) is 32.4 Å². The van der Waals surface area contributed by atoms with Crippen LogP contribution in [-0.2, 0) is 9.59 Å². The predicted molar refractivity (Wildman–Crippen MR) is 114 cm³/mol. The van der Waals surface area contributed by atoms with Crippen molar-refractivity contribution in [3.8, 4) is 5.75 Å². The summed E-state index contributed by atoms with van der Waals surface area (Å²) in [7, 11) is 1.78. The highest BCUT2D eigenvalue weighted by atomic mass is 16.5. The minimum atomic E-state index is -0.302. The summed E-state index contributed by atoms with van der Waals surface area (Å²) in [6, 6.07) is 17.2. The maximum atomic E-state index is 13.3. The number of carbonyl (C=O) groups excluding carboxylic acids is 2. The van der Waals surface area contributed by atoms with Crippen LogP contribution in [0.2, 0.25) is 0 Å². The SMILES string of the molecule is CN(CC(=O)NC(C)(C)C)CC(=O)N1c2ccccc2OC[C@H]1c1ccccc1. The van der Waals surface area contributed by atoms with Crippen molar-refractivity contribution in [3.63, 3.8) is 0 Å². The van der Waals surface area contributed by atoms with Gasteiger partial charge in [0, 0.05) is 5.54 Å². The first kappa shape index (κ1) is 20.9. The molecule has 2 aromatic carbocycles. The van der Waals surface area contributed by atoms with E-state index in [2.05, 4.69) is 5.32 Å². The molecular formula is C23H29N3O3. The minimum absolute atomic E-state index is 0.0688. The Labute approximate surface area is 172 Å². The number of fused-ring (bicyclic) bond motifs is 1. The summed E-state index contributed by atoms with van der Waals surface area (Å²) in [5.74, 6) is 0.525. The highest BCUT2D eigenvalue weighted by Crippen LogP contribution is 2.39. The van der Waals surface area contributed by atoms with E-state index in [9.17, 15) is 9.59 Å². The van der Waals surface area contributed by atoms with E-state index in [0.717, 1.165) is 11.3 Å². The predicted octanol–water partition coefficient (Wildman–Crippen LogP) is 3.00. The maximum Gasteiger partial charge on any atom is 0.241 e. The first-order chi connectivity index (χ1) is 13.7. The topological polar surface area (TPSA) is 61.9 Å². The zero-order chi connectivity index (χ0) is 21.0. The summed E-state index contributed by atoms with van der Waals surface area (Å²) in [6.07, 6.45) is 0. The molecule has 1 N–H and O–H groups in total. The van der Waals surface area contributed by atoms with E-state index in [4.69, 9.17) is 4.74 Å². The molecule has 2 aromatic rings. The number of ether oxygens (including phenoxy) is 1. The maximum absolute atomic E-state index is 13.3. The lowest BCUT2D eigenvalue weighted by Gasteiger charge is -2.38. The number of benzene rings is 2. The standard InChI is InChI=1S/C23H29N3O3/c1-23(2,3)24-21(27)14-25(4)15-22(28)26-18-12-8-9-13-20(18)29-16-19(26)17-10-6-5-7-11-17/h5-13,19H,14-16H2,1-4H3,(H,24,27)/t19-/m0/s1. The minimum Gasteiger partial charge on any atom is -0.489 e. The van der Waals surface area contributed by atoms with Gasteiger partial charge in [-0.2, -0.15) is 0 Å². The molecule has 0 saturated carbocycles. The summed E-state index contributed by atoms with van der Waals surface area (Å²) in [5.41, 5.74) is 1.47. The molecule has 1 aliphatic rings. The Bertz CT molecular complexity index is 861. The van der Waals surface area contributed by atoms with Crippen LogP contribution in [-0.4, -0.2) is 49.0 Å². The van der Waals surface area contributed by atoms with Gasteiger partial charge in [0.1, 0.15) is 12.4 Å². The lowest BCUT2D eigenvalue weighted by atomic mass is 10.0. The number of nitrogens with one attached hydrogen (secondary N) is 1. The van der Waals surface area contributed by atoms with E-state index in [0.29, 0.717) is 12.4 Å². The van der Waals surface area contributed by atoms with Gasteiger partial charge in [0.2, 0.25) is 11.8 Å². The largest absolute Gasteiger partial charge is 0.489 e. The van der Waals surface area contributed by atoms with Crippen LogP contribution in [0.5, 0.6) is 5.75 Å². The monoisotopic (exact) mass is 395 g/mol. The Morgan fingerprint density at radius 2 is 1.72 bits per heavy atom. The molecule has 0 aliphatic carbocycles. The molecule has 0 radical (unpaired) electrons. The number of likely N-dealkylation sites (N-methyl/N-ethyl adjacent to an activating group) is 1. The first-order valence-electron chi connectivity index (χ1n) is 9.83. The van der Waals surface area contributed by atoms with Gasteiger partial charge in [0.05, 0.1) is 24.8 Å². The molecule has 0 spiro atoms. The third kappa shape index (κ3) is 5.35. The molecule has 154 valence electrons. The molecule has 0 saturated heterocycles. The number of hydrogen-bond donors (Lipinski definition) is 1. The quantitative estimate of drug-likeness (QED) is 0.845. The van der Waals surface area contributed by atoms with E-state index < -0.39 is 0 Å². The number of carbonyl (C=O) groups is 2. The average Bonchev–Trinajstić information content (AvgIpc) is 2.65. The number of rotatable bonds is 5. The normalized spacial score (nSPS) is 16.2. The van der Waals surface area contributed by atoms with Crippen molar-refractivity contribution in [2.75, 3.05) is 31.6 Å². The van der Waals surface area contributed by atoms with Crippen LogP contribution in [0.4, 0.5) is 5.69 Å². The zero-order valence-electron chi connectivity index (χ0n) is 17.5. The van der Waals surface area contributed by atoms with Gasteiger partial charge >= 0.3 is 0 Å². The highest BCUT2D eigenvalue weighted by molar-refractivity contribution is 5.97. The molecule has 6 heteroatoms. The van der Waals surface area contributed by atoms with Gasteiger partial charge < -0.3 is 10.1 Å². The van der Waals surface area contributed by atoms with Gasteiger partial charge in [-0.25, -0.2) is 0 Å². The summed E-state index contributed by atoms with van der Waals surface area (Å²) in [6.45, 7) is 6.49. The van der Waals surface area contributed by atoms with E-state index in [1.807, 2.05) is 75.4 Å². The number of amides is 2. The van der Waals surface area contributed by atoms with Crippen LogP contribution in [0, 0.1) is 0 Å². The number of para-hydroxylation sites is 2. The Kier molecular flexibility index (Phi) is 6.23. The number of anilines is 1. The summed E-state index contributed by atoms with van der Waals surface area (Å²) in [5, 5.41) is 2.93. The summed E-state index contributed by atoms with van der Waals surface area (Å²) in [4.78, 5) is 29.1. The third-order valence-electron chi connectivity index (χ3n) is 4.62. The van der Waals surface area contributed by atoms with Gasteiger partial charge in [-0.1, -0.05) is 42.5 Å². The van der Waals surface area contributed by atoms with Crippen LogP contribution in [0.15, 0.2) is 54.6 Å². The van der Waals surface area contributed by atoms with Gasteiger partial charge in [-0.15, -0.1) is 0 Å². The van der Waals surface area contributed by atoms with Gasteiger partial charge in [0.25, 0.3) is 0 Å². The van der Waals surface area contributed by atoms with E-state index >= 15 is 0 Å². The second-order valence-electron chi connectivity index (χ2n) is 8.44. The van der Waals surface area contributed by atoms with Crippen LogP contribution < -0.4 is 15.0 Å². The first-order valence-corrected chi connectivity index (χ1v) is 9.83. The third-order valence-corrected chi connectivity index (χ3v) is 4.62. The van der Waals surface area contributed by atoms with E-state index in [1.165, 1.54) is 0 Å². The Balaban J connectivity index is 1.79. The molecule has 29 heavy (non-hydrogen) atoms. The second-order valence-corrected chi connectivity index (χ2v) is 8.44. The molecule has 0 fully saturated rings. The van der Waals surface area contributed by atoms with E-state index in [-0.39, 0.29) is 36.5 Å². The van der Waals surface area contributed by atoms with Crippen molar-refractivity contribution >= 4 is 17.5 Å². The molecule has 0 unspecified atom stereocenters. The fourth-order valence-corrected chi connectivity index (χ4v) is 3.48. The lowest BCUT2D eigenvalue weighted by molar-refractivity contribution is -0.124. The van der Waals surface area contributed by atoms with E-state index in [1.54, 1.807) is 16.8 Å². The van der Waals surface area contributed by atoms with Gasteiger partial charge in [0.15, 0.2) is 0 Å². The number of nitrogens with zero attached hydrogens (tertiary/aromatic N) is 2. The van der Waals surface area contributed by atoms with Gasteiger partial charge in [-0.3, -0.25) is 19.4 Å². The fraction of sp³-hybridized carbons (Fsp3) is 0.391. The van der Waals surface area contributed by atoms with Crippen molar-refractivity contribution in [1.82, 2.24) is 10.2 Å². The molecular weight excluding hydrogens is 366 g/mol. The second kappa shape index (κ2) is 8.66. The van der Waals surface area contributed by atoms with Crippen molar-refractivity contribution in [2.24, 2.45) is 0 Å². The molecule has 6 nitrogen and oxygen atoms in total.